The molecule has 1 aromatic heterocycles. The van der Waals surface area contributed by atoms with E-state index in [4.69, 9.17) is 0 Å². The molecule has 0 unspecified atom stereocenters. The van der Waals surface area contributed by atoms with E-state index in [1.807, 2.05) is 20.0 Å². The van der Waals surface area contributed by atoms with Gasteiger partial charge in [0.1, 0.15) is 0 Å². The van der Waals surface area contributed by atoms with Gasteiger partial charge in [-0.05, 0) is 26.3 Å². The minimum atomic E-state index is 0.862. The molecule has 0 atom stereocenters. The molecule has 0 saturated carbocycles. The van der Waals surface area contributed by atoms with Gasteiger partial charge in [0.25, 0.3) is 0 Å². The molecule has 0 radical (unpaired) electrons. The lowest BCUT2D eigenvalue weighted by Crippen LogP contribution is -2.00. The highest BCUT2D eigenvalue weighted by Crippen LogP contribution is 2.11. The zero-order valence-corrected chi connectivity index (χ0v) is 9.99. The predicted octanol–water partition coefficient (Wildman–Crippen LogP) is 2.99. The topological polar surface area (TPSA) is 25.8 Å². The maximum atomic E-state index is 4.53. The van der Waals surface area contributed by atoms with Crippen molar-refractivity contribution in [3.8, 4) is 0 Å². The number of hydrogen-bond donors (Lipinski definition) is 0. The fourth-order valence-electron chi connectivity index (χ4n) is 1.65. The molecule has 2 nitrogen and oxygen atoms in total. The zero-order chi connectivity index (χ0) is 11.5. The van der Waals surface area contributed by atoms with Gasteiger partial charge in [-0.1, -0.05) is 29.8 Å². The Bertz CT molecular complexity index is 487. The van der Waals surface area contributed by atoms with Crippen molar-refractivity contribution in [2.45, 2.75) is 27.2 Å². The number of nitrogens with zero attached hydrogens (tertiary/aromatic N) is 2. The van der Waals surface area contributed by atoms with Crippen LogP contribution in [0.5, 0.6) is 0 Å². The molecule has 0 aliphatic carbocycles. The van der Waals surface area contributed by atoms with Crippen LogP contribution in [0.2, 0.25) is 0 Å². The van der Waals surface area contributed by atoms with E-state index in [-0.39, 0.29) is 0 Å². The summed E-state index contributed by atoms with van der Waals surface area (Å²) in [6.45, 7) is 6.09. The Labute approximate surface area is 96.4 Å². The molecule has 0 fully saturated rings. The van der Waals surface area contributed by atoms with E-state index in [9.17, 15) is 0 Å². The summed E-state index contributed by atoms with van der Waals surface area (Å²) in [5, 5.41) is 0. The van der Waals surface area contributed by atoms with Crippen molar-refractivity contribution in [2.75, 3.05) is 0 Å². The third-order valence-electron chi connectivity index (χ3n) is 2.67. The highest BCUT2D eigenvalue weighted by atomic mass is 14.8. The number of rotatable bonds is 2. The molecule has 82 valence electrons. The molecule has 0 N–H and O–H groups in total. The summed E-state index contributed by atoms with van der Waals surface area (Å²) in [6.07, 6.45) is 2.68. The van der Waals surface area contributed by atoms with Crippen molar-refractivity contribution in [1.29, 1.82) is 0 Å². The predicted molar refractivity (Wildman–Crippen MR) is 65.5 cm³/mol. The zero-order valence-electron chi connectivity index (χ0n) is 9.99. The van der Waals surface area contributed by atoms with Gasteiger partial charge in [-0.3, -0.25) is 9.97 Å². The normalized spacial score (nSPS) is 10.4. The maximum Gasteiger partial charge on any atom is 0.0662 e. The van der Waals surface area contributed by atoms with Crippen LogP contribution < -0.4 is 0 Å². The Morgan fingerprint density at radius 3 is 2.38 bits per heavy atom. The Morgan fingerprint density at radius 1 is 1.00 bits per heavy atom. The third-order valence-corrected chi connectivity index (χ3v) is 2.67. The number of aromatic nitrogens is 2. The first-order chi connectivity index (χ1) is 7.65. The molecule has 2 rings (SSSR count). The van der Waals surface area contributed by atoms with Crippen LogP contribution in [0.25, 0.3) is 0 Å². The van der Waals surface area contributed by atoms with Gasteiger partial charge in [0.15, 0.2) is 0 Å². The lowest BCUT2D eigenvalue weighted by atomic mass is 10.1. The summed E-state index contributed by atoms with van der Waals surface area (Å²) in [7, 11) is 0. The Hall–Kier alpha value is -1.70. The molecule has 16 heavy (non-hydrogen) atoms. The van der Waals surface area contributed by atoms with E-state index < -0.39 is 0 Å². The molecule has 0 amide bonds. The van der Waals surface area contributed by atoms with Gasteiger partial charge in [-0.15, -0.1) is 0 Å². The van der Waals surface area contributed by atoms with Crippen LogP contribution in [0, 0.1) is 20.8 Å². The number of hydrogen-bond acceptors (Lipinski definition) is 2. The second kappa shape index (κ2) is 4.44. The van der Waals surface area contributed by atoms with Crippen LogP contribution in [0.3, 0.4) is 0 Å². The molecule has 1 aromatic carbocycles. The van der Waals surface area contributed by atoms with Gasteiger partial charge in [-0.2, -0.15) is 0 Å². The minimum Gasteiger partial charge on any atom is -0.258 e. The monoisotopic (exact) mass is 212 g/mol. The summed E-state index contributed by atoms with van der Waals surface area (Å²) < 4.78 is 0. The summed E-state index contributed by atoms with van der Waals surface area (Å²) in [6, 6.07) is 8.57. The molecular formula is C14H16N2. The van der Waals surface area contributed by atoms with Gasteiger partial charge in [0, 0.05) is 12.6 Å². The van der Waals surface area contributed by atoms with Gasteiger partial charge < -0.3 is 0 Å². The second-order valence-corrected chi connectivity index (χ2v) is 4.21. The molecule has 0 aliphatic rings. The standard InChI is InChI=1S/C14H16N2/c1-10-4-6-13(7-5-10)8-14-12(3)15-9-11(2)16-14/h4-7,9H,8H2,1-3H3. The lowest BCUT2D eigenvalue weighted by Gasteiger charge is -2.05. The van der Waals surface area contributed by atoms with Crippen LogP contribution in [-0.4, -0.2) is 9.97 Å². The van der Waals surface area contributed by atoms with Crippen molar-refractivity contribution in [3.63, 3.8) is 0 Å². The van der Waals surface area contributed by atoms with E-state index in [2.05, 4.69) is 41.2 Å². The van der Waals surface area contributed by atoms with Gasteiger partial charge >= 0.3 is 0 Å². The first-order valence-electron chi connectivity index (χ1n) is 5.50. The average Bonchev–Trinajstić information content (AvgIpc) is 2.27. The minimum absolute atomic E-state index is 0.862. The second-order valence-electron chi connectivity index (χ2n) is 4.21. The van der Waals surface area contributed by atoms with Crippen molar-refractivity contribution in [2.24, 2.45) is 0 Å². The summed E-state index contributed by atoms with van der Waals surface area (Å²) in [4.78, 5) is 8.86. The molecule has 0 saturated heterocycles. The van der Waals surface area contributed by atoms with E-state index in [0.29, 0.717) is 0 Å². The lowest BCUT2D eigenvalue weighted by molar-refractivity contribution is 0.950. The van der Waals surface area contributed by atoms with Crippen molar-refractivity contribution in [3.05, 3.63) is 58.7 Å². The van der Waals surface area contributed by atoms with E-state index in [1.54, 1.807) is 0 Å². The molecule has 0 aliphatic heterocycles. The highest BCUT2D eigenvalue weighted by Gasteiger charge is 2.03. The first-order valence-corrected chi connectivity index (χ1v) is 5.50. The van der Waals surface area contributed by atoms with E-state index >= 15 is 0 Å². The van der Waals surface area contributed by atoms with E-state index in [0.717, 1.165) is 23.5 Å². The first kappa shape index (κ1) is 10.8. The van der Waals surface area contributed by atoms with Gasteiger partial charge in [-0.25, -0.2) is 0 Å². The largest absolute Gasteiger partial charge is 0.258 e. The van der Waals surface area contributed by atoms with E-state index in [1.165, 1.54) is 11.1 Å². The number of benzene rings is 1. The van der Waals surface area contributed by atoms with Crippen LogP contribution >= 0.6 is 0 Å². The molecule has 1 heterocycles. The quantitative estimate of drug-likeness (QED) is 0.764. The smallest absolute Gasteiger partial charge is 0.0662 e. The maximum absolute atomic E-state index is 4.53. The highest BCUT2D eigenvalue weighted by molar-refractivity contribution is 5.27. The average molecular weight is 212 g/mol. The van der Waals surface area contributed by atoms with Gasteiger partial charge in [0.2, 0.25) is 0 Å². The Kier molecular flexibility index (Phi) is 3.00. The van der Waals surface area contributed by atoms with Crippen molar-refractivity contribution >= 4 is 0 Å². The number of aryl methyl sites for hydroxylation is 3. The SMILES string of the molecule is Cc1ccc(Cc2nc(C)cnc2C)cc1. The van der Waals surface area contributed by atoms with Crippen molar-refractivity contribution < 1.29 is 0 Å². The Balaban J connectivity index is 2.26. The summed E-state index contributed by atoms with van der Waals surface area (Å²) >= 11 is 0. The molecule has 2 aromatic rings. The third kappa shape index (κ3) is 2.45. The molecular weight excluding hydrogens is 196 g/mol. The molecule has 0 spiro atoms. The van der Waals surface area contributed by atoms with Crippen LogP contribution in [-0.2, 0) is 6.42 Å². The summed E-state index contributed by atoms with van der Waals surface area (Å²) in [5.74, 6) is 0. The molecule has 0 bridgehead atoms. The summed E-state index contributed by atoms with van der Waals surface area (Å²) in [5.41, 5.74) is 5.65. The van der Waals surface area contributed by atoms with Crippen LogP contribution in [0.15, 0.2) is 30.5 Å². The molecule has 2 heteroatoms. The Morgan fingerprint density at radius 2 is 1.69 bits per heavy atom. The fraction of sp³-hybridized carbons (Fsp3) is 0.286. The van der Waals surface area contributed by atoms with Gasteiger partial charge in [0.05, 0.1) is 17.1 Å². The van der Waals surface area contributed by atoms with Crippen molar-refractivity contribution in [1.82, 2.24) is 9.97 Å². The fourth-order valence-corrected chi connectivity index (χ4v) is 1.65. The van der Waals surface area contributed by atoms with Crippen LogP contribution in [0.4, 0.5) is 0 Å². The van der Waals surface area contributed by atoms with Crippen LogP contribution in [0.1, 0.15) is 28.2 Å².